The van der Waals surface area contributed by atoms with Crippen molar-refractivity contribution in [1.29, 1.82) is 0 Å². The van der Waals surface area contributed by atoms with Gasteiger partial charge in [-0.3, -0.25) is 4.79 Å². The van der Waals surface area contributed by atoms with Gasteiger partial charge in [-0.05, 0) is 84.9 Å². The first-order valence-electron chi connectivity index (χ1n) is 13.7. The lowest BCUT2D eigenvalue weighted by molar-refractivity contribution is -0.139. The molecule has 0 aliphatic carbocycles. The van der Waals surface area contributed by atoms with Gasteiger partial charge in [-0.25, -0.2) is 10.2 Å². The van der Waals surface area contributed by atoms with E-state index in [0.29, 0.717) is 51.4 Å². The lowest BCUT2D eigenvalue weighted by atomic mass is 9.95. The third kappa shape index (κ3) is 8.47. The van der Waals surface area contributed by atoms with Crippen molar-refractivity contribution in [1.82, 2.24) is 16.1 Å². The minimum atomic E-state index is -0.624. The average Bonchev–Trinajstić information content (AvgIpc) is 3.00. The number of hydrogen-bond donors (Lipinski definition) is 3. The van der Waals surface area contributed by atoms with Gasteiger partial charge >= 0.3 is 5.97 Å². The van der Waals surface area contributed by atoms with Crippen LogP contribution in [0.1, 0.15) is 42.1 Å². The molecule has 1 heterocycles. The Morgan fingerprint density at radius 2 is 1.82 bits per heavy atom. The summed E-state index contributed by atoms with van der Waals surface area (Å²) in [5.74, 6) is 0.638. The highest BCUT2D eigenvalue weighted by Crippen LogP contribution is 2.35. The Morgan fingerprint density at radius 1 is 1.07 bits per heavy atom. The van der Waals surface area contributed by atoms with E-state index in [1.54, 1.807) is 45.2 Å². The zero-order valence-corrected chi connectivity index (χ0v) is 27.7. The second-order valence-corrected chi connectivity index (χ2v) is 11.3. The van der Waals surface area contributed by atoms with Gasteiger partial charge in [-0.2, -0.15) is 5.10 Å². The van der Waals surface area contributed by atoms with Crippen LogP contribution >= 0.6 is 34.8 Å². The summed E-state index contributed by atoms with van der Waals surface area (Å²) in [5.41, 5.74) is 7.01. The third-order valence-corrected chi connectivity index (χ3v) is 7.53. The van der Waals surface area contributed by atoms with E-state index in [0.717, 1.165) is 9.13 Å². The fourth-order valence-electron chi connectivity index (χ4n) is 4.41. The van der Waals surface area contributed by atoms with Crippen LogP contribution in [0, 0.1) is 10.5 Å². The first kappa shape index (κ1) is 32.7. The number of hydrogen-bond acceptors (Lipinski definition) is 8. The Kier molecular flexibility index (Phi) is 11.6. The number of para-hydroxylation sites is 1. The number of halogens is 1. The first-order chi connectivity index (χ1) is 21.2. The number of aryl methyl sites for hydroxylation is 1. The normalized spacial score (nSPS) is 14.5. The van der Waals surface area contributed by atoms with Crippen LogP contribution in [-0.2, 0) is 20.9 Å². The van der Waals surface area contributed by atoms with Crippen LogP contribution < -0.4 is 30.3 Å². The standard InChI is InChI=1S/C32H33IN4O6S/c1-5-41-31(39)28-20(3)35-32(44)36-29(28)23-8-6-7-9-25(23)42-18-27(38)37-34-16-22-14-24(33)30(26(15-22)40-4)43-17-21-12-10-19(2)11-13-21/h6-16,29H,5,17-18H2,1-4H3,(H,37,38)(H2,35,36,44)/t29-/m1/s1. The van der Waals surface area contributed by atoms with Gasteiger partial charge in [0.1, 0.15) is 12.4 Å². The number of nitrogens with one attached hydrogen (secondary N) is 3. The highest BCUT2D eigenvalue weighted by Gasteiger charge is 2.32. The van der Waals surface area contributed by atoms with Crippen LogP contribution in [0.2, 0.25) is 0 Å². The predicted molar refractivity (Wildman–Crippen MR) is 180 cm³/mol. The summed E-state index contributed by atoms with van der Waals surface area (Å²) in [6.07, 6.45) is 1.51. The summed E-state index contributed by atoms with van der Waals surface area (Å²) in [6, 6.07) is 18.3. The Morgan fingerprint density at radius 3 is 2.55 bits per heavy atom. The number of allylic oxidation sites excluding steroid dienone is 1. The quantitative estimate of drug-likeness (QED) is 0.0773. The topological polar surface area (TPSA) is 120 Å². The zero-order valence-electron chi connectivity index (χ0n) is 24.7. The van der Waals surface area contributed by atoms with Gasteiger partial charge in [0.25, 0.3) is 5.91 Å². The van der Waals surface area contributed by atoms with Gasteiger partial charge in [0.15, 0.2) is 23.2 Å². The summed E-state index contributed by atoms with van der Waals surface area (Å²) in [7, 11) is 1.57. The van der Waals surface area contributed by atoms with Gasteiger partial charge in [0.05, 0.1) is 35.1 Å². The number of thiocarbonyl (C=S) groups is 1. The van der Waals surface area contributed by atoms with Gasteiger partial charge in [-0.15, -0.1) is 0 Å². The fraction of sp³-hybridized carbons (Fsp3) is 0.250. The number of methoxy groups -OCH3 is 1. The lowest BCUT2D eigenvalue weighted by Crippen LogP contribution is -2.45. The van der Waals surface area contributed by atoms with Crippen molar-refractivity contribution in [3.63, 3.8) is 0 Å². The number of esters is 1. The molecule has 0 radical (unpaired) electrons. The molecule has 10 nitrogen and oxygen atoms in total. The molecule has 1 amide bonds. The Hall–Kier alpha value is -4.17. The van der Waals surface area contributed by atoms with Crippen molar-refractivity contribution in [2.75, 3.05) is 20.3 Å². The van der Waals surface area contributed by atoms with E-state index in [1.807, 2.05) is 43.3 Å². The Balaban J connectivity index is 1.39. The lowest BCUT2D eigenvalue weighted by Gasteiger charge is -2.30. The third-order valence-electron chi connectivity index (χ3n) is 6.51. The minimum Gasteiger partial charge on any atom is -0.493 e. The van der Waals surface area contributed by atoms with Crippen LogP contribution in [0.5, 0.6) is 17.2 Å². The zero-order chi connectivity index (χ0) is 31.6. The monoisotopic (exact) mass is 728 g/mol. The van der Waals surface area contributed by atoms with Crippen molar-refractivity contribution >= 4 is 58.0 Å². The number of carbonyl (C=O) groups is 2. The summed E-state index contributed by atoms with van der Waals surface area (Å²) in [5, 5.41) is 10.5. The van der Waals surface area contributed by atoms with Crippen molar-refractivity contribution in [3.05, 3.63) is 97.8 Å². The molecule has 3 aromatic carbocycles. The molecule has 0 fully saturated rings. The molecule has 1 atom stereocenters. The molecule has 3 aromatic rings. The van der Waals surface area contributed by atoms with E-state index in [9.17, 15) is 9.59 Å². The van der Waals surface area contributed by atoms with E-state index in [4.69, 9.17) is 31.2 Å². The molecule has 44 heavy (non-hydrogen) atoms. The second kappa shape index (κ2) is 15.5. The maximum absolute atomic E-state index is 12.8. The van der Waals surface area contributed by atoms with Gasteiger partial charge < -0.3 is 29.6 Å². The molecule has 0 unspecified atom stereocenters. The van der Waals surface area contributed by atoms with E-state index < -0.39 is 17.9 Å². The van der Waals surface area contributed by atoms with Crippen molar-refractivity contribution in [2.24, 2.45) is 5.10 Å². The first-order valence-corrected chi connectivity index (χ1v) is 15.2. The number of carbonyl (C=O) groups excluding carboxylic acids is 2. The largest absolute Gasteiger partial charge is 0.493 e. The molecule has 0 aromatic heterocycles. The molecule has 0 saturated carbocycles. The van der Waals surface area contributed by atoms with Crippen molar-refractivity contribution < 1.29 is 28.5 Å². The molecular formula is C32H33IN4O6S. The molecule has 3 N–H and O–H groups in total. The summed E-state index contributed by atoms with van der Waals surface area (Å²) >= 11 is 7.50. The molecular weight excluding hydrogens is 695 g/mol. The highest BCUT2D eigenvalue weighted by molar-refractivity contribution is 14.1. The molecule has 0 saturated heterocycles. The smallest absolute Gasteiger partial charge is 0.338 e. The molecule has 0 bridgehead atoms. The average molecular weight is 729 g/mol. The van der Waals surface area contributed by atoms with Gasteiger partial charge in [-0.1, -0.05) is 48.0 Å². The second-order valence-electron chi connectivity index (χ2n) is 9.72. The van der Waals surface area contributed by atoms with Crippen LogP contribution in [0.25, 0.3) is 0 Å². The molecule has 1 aliphatic heterocycles. The van der Waals surface area contributed by atoms with E-state index in [-0.39, 0.29) is 13.2 Å². The minimum absolute atomic E-state index is 0.226. The van der Waals surface area contributed by atoms with Crippen LogP contribution in [0.3, 0.4) is 0 Å². The molecule has 230 valence electrons. The van der Waals surface area contributed by atoms with Gasteiger partial charge in [0.2, 0.25) is 0 Å². The molecule has 1 aliphatic rings. The van der Waals surface area contributed by atoms with Crippen LogP contribution in [0.15, 0.2) is 77.0 Å². The van der Waals surface area contributed by atoms with Crippen LogP contribution in [-0.4, -0.2) is 43.5 Å². The maximum Gasteiger partial charge on any atom is 0.338 e. The summed E-state index contributed by atoms with van der Waals surface area (Å²) < 4.78 is 23.5. The van der Waals surface area contributed by atoms with E-state index >= 15 is 0 Å². The number of rotatable bonds is 12. The number of ether oxygens (including phenoxy) is 4. The van der Waals surface area contributed by atoms with Crippen molar-refractivity contribution in [3.8, 4) is 17.2 Å². The van der Waals surface area contributed by atoms with Crippen LogP contribution in [0.4, 0.5) is 0 Å². The van der Waals surface area contributed by atoms with E-state index in [2.05, 4.69) is 43.8 Å². The van der Waals surface area contributed by atoms with Gasteiger partial charge in [0, 0.05) is 11.3 Å². The fourth-order valence-corrected chi connectivity index (χ4v) is 5.46. The maximum atomic E-state index is 12.8. The Bertz CT molecular complexity index is 1590. The molecule has 4 rings (SSSR count). The number of amides is 1. The number of benzene rings is 3. The molecule has 12 heteroatoms. The molecule has 0 spiro atoms. The highest BCUT2D eigenvalue weighted by atomic mass is 127. The summed E-state index contributed by atoms with van der Waals surface area (Å²) in [6.45, 7) is 5.85. The van der Waals surface area contributed by atoms with E-state index in [1.165, 1.54) is 11.8 Å². The van der Waals surface area contributed by atoms with Crippen molar-refractivity contribution in [2.45, 2.75) is 33.4 Å². The Labute approximate surface area is 275 Å². The summed E-state index contributed by atoms with van der Waals surface area (Å²) in [4.78, 5) is 25.4. The predicted octanol–water partition coefficient (Wildman–Crippen LogP) is 5.07. The SMILES string of the molecule is CCOC(=O)C1=C(C)NC(=S)N[C@@H]1c1ccccc1OCC(=O)NN=Cc1cc(I)c(OCc2ccc(C)cc2)c(OC)c1. The number of hydrazone groups is 1. The number of nitrogens with zero attached hydrogens (tertiary/aromatic N) is 1.